The zero-order valence-electron chi connectivity index (χ0n) is 39.8. The topological polar surface area (TPSA) is 180 Å². The van der Waals surface area contributed by atoms with Gasteiger partial charge in [0.05, 0.1) is 30.2 Å². The molecule has 0 spiro atoms. The lowest BCUT2D eigenvalue weighted by atomic mass is 9.41. The second-order valence-corrected chi connectivity index (χ2v) is 26.6. The van der Waals surface area contributed by atoms with Crippen LogP contribution in [0.2, 0.25) is 0 Å². The van der Waals surface area contributed by atoms with Crippen molar-refractivity contribution in [2.45, 2.75) is 167 Å². The number of ketones is 1. The number of nitrogens with two attached hydrogens (primary N) is 2. The average molecular weight is 930 g/mol. The average Bonchev–Trinajstić information content (AvgIpc) is 3.88. The maximum Gasteiger partial charge on any atom is 0.185 e. The Bertz CT molecular complexity index is 2110. The van der Waals surface area contributed by atoms with E-state index >= 15 is 4.79 Å². The van der Waals surface area contributed by atoms with Crippen molar-refractivity contribution in [3.8, 4) is 0 Å². The molecule has 358 valence electrons. The first-order valence-electron chi connectivity index (χ1n) is 25.8. The summed E-state index contributed by atoms with van der Waals surface area (Å²) >= 11 is 0. The Morgan fingerprint density at radius 3 is 2.51 bits per heavy atom. The van der Waals surface area contributed by atoms with Gasteiger partial charge in [0.1, 0.15) is 0 Å². The largest absolute Gasteiger partial charge is 0.392 e. The predicted molar refractivity (Wildman–Crippen MR) is 261 cm³/mol. The number of rotatable bonds is 7. The third-order valence-electron chi connectivity index (χ3n) is 19.9. The minimum atomic E-state index is -1.34. The molecule has 1 aromatic heterocycles. The maximum absolute atomic E-state index is 15.0. The number of carbonyl (C=O) groups is 1. The van der Waals surface area contributed by atoms with Crippen molar-refractivity contribution >= 4 is 33.3 Å². The summed E-state index contributed by atoms with van der Waals surface area (Å²) in [6, 6.07) is 0.201. The summed E-state index contributed by atoms with van der Waals surface area (Å²) in [4.78, 5) is 24.3. The Hall–Kier alpha value is -2.09. The minimum Gasteiger partial charge on any atom is -0.392 e. The Morgan fingerprint density at radius 1 is 0.969 bits per heavy atom. The maximum atomic E-state index is 15.0. The second kappa shape index (κ2) is 17.4. The molecule has 5 saturated carbocycles. The standard InChI is InChI=1S/C53H79N5O5S2/c1-29(2)10-9-15-52-24-43(61)42(60)20-39(52)41(59)21-40-46(52)31(25-57-49(54)55)22-51(5)38-19-32(53(40,51)63)26-64-65-27-33(58-17-16-56-28-58)23-50(3,4)47-36-13-7-6-12-34(36)35-14-8-11-30-18-37(38)48(62)45(47)44(30)35/h16-17,21,28-34,37-39,42-43,45-46,48,60-63H,6-15,18-20,22-27H2,1-5H3,(H4,54,55,57). The number of imidazole rings is 1. The van der Waals surface area contributed by atoms with Crippen LogP contribution in [-0.4, -0.2) is 83.7 Å². The van der Waals surface area contributed by atoms with E-state index in [4.69, 9.17) is 16.5 Å². The van der Waals surface area contributed by atoms with Crippen LogP contribution in [-0.2, 0) is 4.79 Å². The van der Waals surface area contributed by atoms with E-state index in [2.05, 4.69) is 50.4 Å². The van der Waals surface area contributed by atoms with E-state index < -0.39 is 40.7 Å². The molecule has 0 radical (unpaired) electrons. The Labute approximate surface area is 396 Å². The number of hydrogen-bond acceptors (Lipinski definition) is 9. The van der Waals surface area contributed by atoms with Gasteiger partial charge in [-0.2, -0.15) is 0 Å². The van der Waals surface area contributed by atoms with Gasteiger partial charge in [0.2, 0.25) is 0 Å². The molecular weight excluding hydrogens is 851 g/mol. The van der Waals surface area contributed by atoms with E-state index in [1.165, 1.54) is 31.3 Å². The summed E-state index contributed by atoms with van der Waals surface area (Å²) in [7, 11) is 3.77. The molecule has 9 aliphatic rings. The normalized spacial score (nSPS) is 44.6. The van der Waals surface area contributed by atoms with Crippen LogP contribution in [0.25, 0.3) is 0 Å². The predicted octanol–water partition coefficient (Wildman–Crippen LogP) is 8.57. The van der Waals surface area contributed by atoms with E-state index in [1.54, 1.807) is 16.7 Å². The number of nitrogens with zero attached hydrogens (tertiary/aromatic N) is 3. The number of allylic oxidation sites excluding steroid dienone is 3. The van der Waals surface area contributed by atoms with Gasteiger partial charge in [-0.1, -0.05) is 97.8 Å². The molecule has 16 unspecified atom stereocenters. The first kappa shape index (κ1) is 46.6. The molecule has 16 atom stereocenters. The molecule has 2 heterocycles. The number of aromatic nitrogens is 2. The highest BCUT2D eigenvalue weighted by molar-refractivity contribution is 8.76. The first-order chi connectivity index (χ1) is 31.0. The van der Waals surface area contributed by atoms with Gasteiger partial charge in [0.15, 0.2) is 11.7 Å². The van der Waals surface area contributed by atoms with Crippen LogP contribution in [0.5, 0.6) is 0 Å². The highest BCUT2D eigenvalue weighted by Crippen LogP contribution is 2.74. The molecule has 10 rings (SSSR count). The van der Waals surface area contributed by atoms with Crippen LogP contribution in [0.15, 0.2) is 57.7 Å². The molecule has 1 aliphatic heterocycles. The molecule has 1 aromatic rings. The number of carbonyl (C=O) groups excluding carboxylic acids is 1. The van der Waals surface area contributed by atoms with Crippen LogP contribution in [0, 0.1) is 75.4 Å². The lowest BCUT2D eigenvalue weighted by molar-refractivity contribution is -0.176. The van der Waals surface area contributed by atoms with Crippen LogP contribution in [0.4, 0.5) is 0 Å². The third-order valence-corrected chi connectivity index (χ3v) is 22.4. The zero-order chi connectivity index (χ0) is 45.8. The summed E-state index contributed by atoms with van der Waals surface area (Å²) in [6.45, 7) is 12.1. The molecule has 4 bridgehead atoms. The number of hydrogen-bond donors (Lipinski definition) is 6. The Morgan fingerprint density at radius 2 is 1.75 bits per heavy atom. The van der Waals surface area contributed by atoms with Crippen LogP contribution in [0.1, 0.15) is 143 Å². The highest BCUT2D eigenvalue weighted by atomic mass is 33.1. The summed E-state index contributed by atoms with van der Waals surface area (Å²) in [6.07, 6.45) is 20.1. The van der Waals surface area contributed by atoms with Crippen molar-refractivity contribution in [1.29, 1.82) is 0 Å². The van der Waals surface area contributed by atoms with Crippen molar-refractivity contribution in [2.75, 3.05) is 18.1 Å². The van der Waals surface area contributed by atoms with Crippen LogP contribution in [0.3, 0.4) is 0 Å². The first-order valence-corrected chi connectivity index (χ1v) is 28.2. The molecule has 12 heteroatoms. The van der Waals surface area contributed by atoms with Gasteiger partial charge >= 0.3 is 0 Å². The minimum absolute atomic E-state index is 0.00264. The van der Waals surface area contributed by atoms with Gasteiger partial charge in [-0.05, 0) is 141 Å². The number of aliphatic hydroxyl groups excluding tert-OH is 3. The van der Waals surface area contributed by atoms with Gasteiger partial charge in [-0.15, -0.1) is 0 Å². The van der Waals surface area contributed by atoms with Gasteiger partial charge in [0, 0.05) is 65.6 Å². The molecule has 0 amide bonds. The van der Waals surface area contributed by atoms with Gasteiger partial charge in [0.25, 0.3) is 0 Å². The zero-order valence-corrected chi connectivity index (χ0v) is 41.5. The smallest absolute Gasteiger partial charge is 0.185 e. The van der Waals surface area contributed by atoms with E-state index in [1.807, 2.05) is 40.2 Å². The van der Waals surface area contributed by atoms with Gasteiger partial charge < -0.3 is 36.5 Å². The molecule has 8 N–H and O–H groups in total. The second-order valence-electron chi connectivity index (χ2n) is 24.1. The number of fused-ring (bicyclic) bond motifs is 13. The van der Waals surface area contributed by atoms with Crippen molar-refractivity contribution in [1.82, 2.24) is 9.55 Å². The summed E-state index contributed by atoms with van der Waals surface area (Å²) < 4.78 is 2.31. The molecule has 8 aliphatic carbocycles. The SMILES string of the molecule is CC(C)CCCC12CC(O)C(O)CC1C(=O)C=C1C2C(CN=C(N)N)CC2(C)C3CC(CSSCC(n4ccnc4)CC(C)(C)C4=C5CCCCC5C5=C6C(CCC5)CC3C(O)C64)C12O. The number of guanidine groups is 1. The summed E-state index contributed by atoms with van der Waals surface area (Å²) in [5.41, 5.74) is 16.7. The summed E-state index contributed by atoms with van der Waals surface area (Å²) in [5.74, 6) is 1.95. The van der Waals surface area contributed by atoms with E-state index in [-0.39, 0.29) is 65.1 Å². The van der Waals surface area contributed by atoms with Crippen LogP contribution < -0.4 is 11.5 Å². The lowest BCUT2D eigenvalue weighted by Crippen LogP contribution is -2.66. The monoisotopic (exact) mass is 930 g/mol. The van der Waals surface area contributed by atoms with Gasteiger partial charge in [-0.25, -0.2) is 4.98 Å². The lowest BCUT2D eigenvalue weighted by Gasteiger charge is -2.65. The Kier molecular flexibility index (Phi) is 12.5. The van der Waals surface area contributed by atoms with Crippen molar-refractivity contribution in [3.63, 3.8) is 0 Å². The fraction of sp³-hybridized carbons (Fsp3) is 0.792. The highest BCUT2D eigenvalue weighted by Gasteiger charge is 2.73. The molecule has 0 aromatic carbocycles. The number of aliphatic imine (C=N–C) groups is 1. The van der Waals surface area contributed by atoms with E-state index in [0.717, 1.165) is 74.9 Å². The molecule has 10 nitrogen and oxygen atoms in total. The van der Waals surface area contributed by atoms with E-state index in [9.17, 15) is 20.4 Å². The quantitative estimate of drug-likeness (QED) is 0.0672. The summed E-state index contributed by atoms with van der Waals surface area (Å²) in [5, 5.41) is 51.0. The van der Waals surface area contributed by atoms with E-state index in [0.29, 0.717) is 37.1 Å². The molecule has 65 heavy (non-hydrogen) atoms. The fourth-order valence-corrected chi connectivity index (χ4v) is 20.3. The van der Waals surface area contributed by atoms with Crippen molar-refractivity contribution in [2.24, 2.45) is 91.9 Å². The van der Waals surface area contributed by atoms with Crippen molar-refractivity contribution in [3.05, 3.63) is 52.7 Å². The molecular formula is C53H79N5O5S2. The molecule has 1 saturated heterocycles. The fourth-order valence-electron chi connectivity index (χ4n) is 17.6. The number of aliphatic hydroxyl groups is 4. The van der Waals surface area contributed by atoms with Crippen LogP contribution >= 0.6 is 21.6 Å². The van der Waals surface area contributed by atoms with Gasteiger partial charge in [-0.3, -0.25) is 9.79 Å². The Balaban J connectivity index is 1.15. The van der Waals surface area contributed by atoms with Crippen molar-refractivity contribution < 1.29 is 25.2 Å². The third kappa shape index (κ3) is 7.43. The molecule has 6 fully saturated rings.